The molecule has 0 fully saturated rings. The standard InChI is InChI=1S/C11H6F3NO4/c1-6(5-16)10(17)8-3-2-7(11(12,13)14)4-9(8)15(18)19/h2-5H,1H2. The van der Waals surface area contributed by atoms with E-state index in [9.17, 15) is 32.9 Å². The van der Waals surface area contributed by atoms with Crippen LogP contribution in [0.2, 0.25) is 0 Å². The van der Waals surface area contributed by atoms with Gasteiger partial charge in [-0.3, -0.25) is 19.7 Å². The first-order chi connectivity index (χ1) is 8.68. The van der Waals surface area contributed by atoms with E-state index in [1.165, 1.54) is 0 Å². The van der Waals surface area contributed by atoms with Crippen molar-refractivity contribution in [2.45, 2.75) is 6.18 Å². The predicted molar refractivity (Wildman–Crippen MR) is 57.6 cm³/mol. The quantitative estimate of drug-likeness (QED) is 0.161. The first kappa shape index (κ1) is 14.6. The number of carbonyl (C=O) groups excluding carboxylic acids is 2. The molecule has 0 saturated carbocycles. The monoisotopic (exact) mass is 273 g/mol. The molecule has 1 aromatic carbocycles. The van der Waals surface area contributed by atoms with Crippen LogP contribution in [0.1, 0.15) is 15.9 Å². The lowest BCUT2D eigenvalue weighted by Crippen LogP contribution is -2.10. The van der Waals surface area contributed by atoms with Gasteiger partial charge in [0.15, 0.2) is 6.29 Å². The number of nitro groups is 1. The van der Waals surface area contributed by atoms with Crippen molar-refractivity contribution in [3.8, 4) is 0 Å². The second kappa shape index (κ2) is 5.01. The molecule has 0 heterocycles. The maximum Gasteiger partial charge on any atom is 0.416 e. The number of ketones is 1. The highest BCUT2D eigenvalue weighted by Gasteiger charge is 2.34. The van der Waals surface area contributed by atoms with Gasteiger partial charge < -0.3 is 0 Å². The summed E-state index contributed by atoms with van der Waals surface area (Å²) in [5.41, 5.74) is -3.48. The van der Waals surface area contributed by atoms with Crippen LogP contribution in [0, 0.1) is 10.1 Å². The molecule has 0 spiro atoms. The number of aldehydes is 1. The van der Waals surface area contributed by atoms with Crippen LogP contribution < -0.4 is 0 Å². The summed E-state index contributed by atoms with van der Waals surface area (Å²) in [7, 11) is 0. The summed E-state index contributed by atoms with van der Waals surface area (Å²) in [5, 5.41) is 10.7. The summed E-state index contributed by atoms with van der Waals surface area (Å²) in [6, 6.07) is 1.42. The van der Waals surface area contributed by atoms with Gasteiger partial charge in [-0.2, -0.15) is 13.2 Å². The molecule has 0 bridgehead atoms. The van der Waals surface area contributed by atoms with Crippen molar-refractivity contribution in [1.82, 2.24) is 0 Å². The van der Waals surface area contributed by atoms with Gasteiger partial charge in [0, 0.05) is 6.07 Å². The molecule has 0 aliphatic heterocycles. The number of hydrogen-bond donors (Lipinski definition) is 0. The number of hydrogen-bond acceptors (Lipinski definition) is 4. The van der Waals surface area contributed by atoms with Gasteiger partial charge >= 0.3 is 6.18 Å². The maximum atomic E-state index is 12.4. The van der Waals surface area contributed by atoms with Gasteiger partial charge in [-0.1, -0.05) is 6.58 Å². The molecule has 0 atom stereocenters. The summed E-state index contributed by atoms with van der Waals surface area (Å²) in [5.74, 6) is -1.09. The molecule has 0 saturated heterocycles. The number of alkyl halides is 3. The molecule has 1 aromatic rings. The molecule has 19 heavy (non-hydrogen) atoms. The van der Waals surface area contributed by atoms with Crippen molar-refractivity contribution < 1.29 is 27.7 Å². The van der Waals surface area contributed by atoms with Crippen LogP contribution in [0.4, 0.5) is 18.9 Å². The van der Waals surface area contributed by atoms with E-state index < -0.39 is 39.3 Å². The van der Waals surface area contributed by atoms with E-state index in [1.807, 2.05) is 0 Å². The van der Waals surface area contributed by atoms with Crippen LogP contribution in [-0.2, 0) is 11.0 Å². The number of allylic oxidation sites excluding steroid dienone is 1. The van der Waals surface area contributed by atoms with Gasteiger partial charge in [-0.05, 0) is 12.1 Å². The van der Waals surface area contributed by atoms with Gasteiger partial charge in [-0.15, -0.1) is 0 Å². The van der Waals surface area contributed by atoms with Crippen molar-refractivity contribution >= 4 is 17.8 Å². The number of halogens is 3. The number of nitrogens with zero attached hydrogens (tertiary/aromatic N) is 1. The summed E-state index contributed by atoms with van der Waals surface area (Å²) in [6.45, 7) is 3.06. The third-order valence-corrected chi connectivity index (χ3v) is 2.20. The minimum atomic E-state index is -4.77. The van der Waals surface area contributed by atoms with Crippen molar-refractivity contribution in [2.24, 2.45) is 0 Å². The van der Waals surface area contributed by atoms with Crippen molar-refractivity contribution in [3.63, 3.8) is 0 Å². The summed E-state index contributed by atoms with van der Waals surface area (Å²) >= 11 is 0. The number of nitro benzene ring substituents is 1. The smallest absolute Gasteiger partial charge is 0.298 e. The Bertz CT molecular complexity index is 578. The Balaban J connectivity index is 3.43. The van der Waals surface area contributed by atoms with Crippen LogP contribution in [0.25, 0.3) is 0 Å². The molecule has 0 aliphatic carbocycles. The van der Waals surface area contributed by atoms with Crippen LogP contribution in [-0.4, -0.2) is 17.0 Å². The summed E-state index contributed by atoms with van der Waals surface area (Å²) in [4.78, 5) is 31.5. The van der Waals surface area contributed by atoms with E-state index in [2.05, 4.69) is 6.58 Å². The van der Waals surface area contributed by atoms with E-state index in [0.717, 1.165) is 0 Å². The largest absolute Gasteiger partial charge is 0.416 e. The lowest BCUT2D eigenvalue weighted by atomic mass is 10.0. The fraction of sp³-hybridized carbons (Fsp3) is 0.0909. The predicted octanol–water partition coefficient (Wildman–Crippen LogP) is 2.55. The molecule has 0 aliphatic rings. The molecule has 0 amide bonds. The molecular weight excluding hydrogens is 267 g/mol. The zero-order chi connectivity index (χ0) is 14.8. The molecule has 0 N–H and O–H groups in total. The maximum absolute atomic E-state index is 12.4. The second-order valence-corrected chi connectivity index (χ2v) is 3.46. The van der Waals surface area contributed by atoms with E-state index >= 15 is 0 Å². The topological polar surface area (TPSA) is 77.3 Å². The van der Waals surface area contributed by atoms with Gasteiger partial charge in [0.25, 0.3) is 5.69 Å². The molecular formula is C11H6F3NO4. The Morgan fingerprint density at radius 1 is 1.37 bits per heavy atom. The van der Waals surface area contributed by atoms with Crippen molar-refractivity contribution in [1.29, 1.82) is 0 Å². The highest BCUT2D eigenvalue weighted by Crippen LogP contribution is 2.33. The van der Waals surface area contributed by atoms with Crippen LogP contribution in [0.15, 0.2) is 30.4 Å². The Morgan fingerprint density at radius 2 is 1.95 bits per heavy atom. The first-order valence-electron chi connectivity index (χ1n) is 4.73. The van der Waals surface area contributed by atoms with Crippen molar-refractivity contribution in [2.75, 3.05) is 0 Å². The molecule has 5 nitrogen and oxygen atoms in total. The second-order valence-electron chi connectivity index (χ2n) is 3.46. The molecule has 100 valence electrons. The fourth-order valence-corrected chi connectivity index (χ4v) is 1.28. The van der Waals surface area contributed by atoms with E-state index in [-0.39, 0.29) is 12.4 Å². The van der Waals surface area contributed by atoms with Gasteiger partial charge in [-0.25, -0.2) is 0 Å². The lowest BCUT2D eigenvalue weighted by molar-refractivity contribution is -0.385. The minimum absolute atomic E-state index is 0.0731. The zero-order valence-electron chi connectivity index (χ0n) is 9.23. The number of benzene rings is 1. The van der Waals surface area contributed by atoms with E-state index in [1.54, 1.807) is 0 Å². The highest BCUT2D eigenvalue weighted by molar-refractivity contribution is 6.21. The molecule has 1 rings (SSSR count). The first-order valence-corrected chi connectivity index (χ1v) is 4.73. The molecule has 0 radical (unpaired) electrons. The van der Waals surface area contributed by atoms with Crippen LogP contribution in [0.5, 0.6) is 0 Å². The van der Waals surface area contributed by atoms with Gasteiger partial charge in [0.2, 0.25) is 5.78 Å². The van der Waals surface area contributed by atoms with Crippen molar-refractivity contribution in [3.05, 3.63) is 51.6 Å². The Hall–Kier alpha value is -2.51. The summed E-state index contributed by atoms with van der Waals surface area (Å²) < 4.78 is 37.2. The molecule has 8 heteroatoms. The van der Waals surface area contributed by atoms with E-state index in [4.69, 9.17) is 0 Å². The van der Waals surface area contributed by atoms with Gasteiger partial charge in [0.05, 0.1) is 16.1 Å². The van der Waals surface area contributed by atoms with Crippen LogP contribution >= 0.6 is 0 Å². The number of Topliss-reactive ketones (excluding diaryl/α,β-unsaturated/α-hetero) is 1. The Kier molecular flexibility index (Phi) is 3.83. The van der Waals surface area contributed by atoms with Gasteiger partial charge in [0.1, 0.15) is 5.56 Å². The third-order valence-electron chi connectivity index (χ3n) is 2.20. The van der Waals surface area contributed by atoms with Crippen LogP contribution in [0.3, 0.4) is 0 Å². The highest BCUT2D eigenvalue weighted by atomic mass is 19.4. The Morgan fingerprint density at radius 3 is 2.37 bits per heavy atom. The fourth-order valence-electron chi connectivity index (χ4n) is 1.28. The summed E-state index contributed by atoms with van der Waals surface area (Å²) in [6.07, 6.45) is -4.70. The zero-order valence-corrected chi connectivity index (χ0v) is 9.23. The lowest BCUT2D eigenvalue weighted by Gasteiger charge is -2.08. The average Bonchev–Trinajstić information content (AvgIpc) is 2.35. The molecule has 0 aromatic heterocycles. The Labute approximate surface area is 104 Å². The third kappa shape index (κ3) is 3.03. The van der Waals surface area contributed by atoms with E-state index in [0.29, 0.717) is 12.1 Å². The average molecular weight is 273 g/mol. The number of rotatable bonds is 4. The minimum Gasteiger partial charge on any atom is -0.298 e. The normalized spacial score (nSPS) is 10.9. The SMILES string of the molecule is C=C(C=O)C(=O)c1ccc(C(F)(F)F)cc1[N+](=O)[O-]. The number of carbonyl (C=O) groups is 2. The molecule has 0 unspecified atom stereocenters.